The lowest BCUT2D eigenvalue weighted by Crippen LogP contribution is -2.43. The molecule has 3 rings (SSSR count). The molecule has 1 aliphatic heterocycles. The minimum absolute atomic E-state index is 0. The van der Waals surface area contributed by atoms with E-state index >= 15 is 0 Å². The van der Waals surface area contributed by atoms with Crippen LogP contribution in [-0.2, 0) is 14.8 Å². The van der Waals surface area contributed by atoms with Crippen molar-refractivity contribution in [1.82, 2.24) is 9.62 Å². The summed E-state index contributed by atoms with van der Waals surface area (Å²) in [5.41, 5.74) is 2.01. The maximum atomic E-state index is 13.0. The molecule has 1 aliphatic rings. The third kappa shape index (κ3) is 6.07. The summed E-state index contributed by atoms with van der Waals surface area (Å²) in [6.07, 6.45) is 0. The highest BCUT2D eigenvalue weighted by atomic mass is 35.5. The Kier molecular flexibility index (Phi) is 8.58. The van der Waals surface area contributed by atoms with Gasteiger partial charge < -0.3 is 4.74 Å². The summed E-state index contributed by atoms with van der Waals surface area (Å²) in [6.45, 7) is 5.37. The van der Waals surface area contributed by atoms with Gasteiger partial charge in [-0.15, -0.1) is 12.4 Å². The third-order valence-corrected chi connectivity index (χ3v) is 6.69. The highest BCUT2D eigenvalue weighted by Crippen LogP contribution is 2.27. The van der Waals surface area contributed by atoms with Gasteiger partial charge in [0.1, 0.15) is 4.90 Å². The van der Waals surface area contributed by atoms with Crippen LogP contribution in [0.2, 0.25) is 10.0 Å². The molecule has 1 unspecified atom stereocenters. The van der Waals surface area contributed by atoms with E-state index in [0.717, 1.165) is 24.2 Å². The van der Waals surface area contributed by atoms with Crippen LogP contribution in [0.4, 0.5) is 0 Å². The molecule has 1 N–H and O–H groups in total. The van der Waals surface area contributed by atoms with Crippen LogP contribution in [0.3, 0.4) is 0 Å². The highest BCUT2D eigenvalue weighted by Gasteiger charge is 2.26. The van der Waals surface area contributed by atoms with Crippen LogP contribution in [0.25, 0.3) is 0 Å². The lowest BCUT2D eigenvalue weighted by Gasteiger charge is -2.31. The number of hydrogen-bond donors (Lipinski definition) is 1. The second kappa shape index (κ2) is 10.3. The van der Waals surface area contributed by atoms with Crippen molar-refractivity contribution in [3.63, 3.8) is 0 Å². The standard InChI is InChI=1S/C19H22Cl2N2O3S.ClH/c1-14-2-4-15(5-3-14)18(13-23-8-10-26-11-9-23)22-27(24,25)19-12-16(20)6-7-17(19)21;/h2-7,12,18,22H,8-11,13H2,1H3;1H. The Morgan fingerprint density at radius 2 is 1.75 bits per heavy atom. The molecule has 9 heteroatoms. The molecule has 0 amide bonds. The summed E-state index contributed by atoms with van der Waals surface area (Å²) >= 11 is 12.1. The van der Waals surface area contributed by atoms with E-state index in [4.69, 9.17) is 27.9 Å². The van der Waals surface area contributed by atoms with Gasteiger partial charge >= 0.3 is 0 Å². The fourth-order valence-electron chi connectivity index (χ4n) is 2.99. The molecule has 0 spiro atoms. The average molecular weight is 466 g/mol. The molecule has 1 fully saturated rings. The minimum Gasteiger partial charge on any atom is -0.379 e. The van der Waals surface area contributed by atoms with E-state index in [1.165, 1.54) is 12.1 Å². The maximum absolute atomic E-state index is 13.0. The zero-order valence-electron chi connectivity index (χ0n) is 15.4. The van der Waals surface area contributed by atoms with Crippen LogP contribution in [0.5, 0.6) is 0 Å². The minimum atomic E-state index is -3.85. The summed E-state index contributed by atoms with van der Waals surface area (Å²) in [7, 11) is -3.85. The first-order valence-corrected chi connectivity index (χ1v) is 10.9. The largest absolute Gasteiger partial charge is 0.379 e. The van der Waals surface area contributed by atoms with Crippen LogP contribution in [0, 0.1) is 6.92 Å². The van der Waals surface area contributed by atoms with E-state index in [2.05, 4.69) is 9.62 Å². The number of nitrogens with one attached hydrogen (secondary N) is 1. The normalized spacial score (nSPS) is 16.4. The molecule has 0 aromatic heterocycles. The van der Waals surface area contributed by atoms with Gasteiger partial charge in [-0.05, 0) is 30.7 Å². The van der Waals surface area contributed by atoms with Crippen molar-refractivity contribution in [2.24, 2.45) is 0 Å². The van der Waals surface area contributed by atoms with E-state index in [1.807, 2.05) is 31.2 Å². The Labute approximate surface area is 182 Å². The molecule has 1 heterocycles. The SMILES string of the molecule is Cc1ccc(C(CN2CCOCC2)NS(=O)(=O)c2cc(Cl)ccc2Cl)cc1.Cl. The molecule has 154 valence electrons. The number of benzene rings is 2. The van der Waals surface area contributed by atoms with Gasteiger partial charge in [-0.25, -0.2) is 13.1 Å². The average Bonchev–Trinajstić information content (AvgIpc) is 2.64. The van der Waals surface area contributed by atoms with E-state index < -0.39 is 16.1 Å². The van der Waals surface area contributed by atoms with Crippen molar-refractivity contribution in [3.8, 4) is 0 Å². The zero-order valence-corrected chi connectivity index (χ0v) is 18.5. The molecule has 28 heavy (non-hydrogen) atoms. The van der Waals surface area contributed by atoms with Crippen molar-refractivity contribution in [1.29, 1.82) is 0 Å². The summed E-state index contributed by atoms with van der Waals surface area (Å²) < 4.78 is 34.2. The van der Waals surface area contributed by atoms with Gasteiger partial charge in [0.25, 0.3) is 0 Å². The molecular formula is C19H23Cl3N2O3S. The van der Waals surface area contributed by atoms with Crippen LogP contribution in [0.1, 0.15) is 17.2 Å². The molecule has 0 aliphatic carbocycles. The molecule has 1 saturated heterocycles. The van der Waals surface area contributed by atoms with Gasteiger partial charge in [0.2, 0.25) is 10.0 Å². The number of sulfonamides is 1. The first-order chi connectivity index (χ1) is 12.8. The number of ether oxygens (including phenoxy) is 1. The molecule has 2 aromatic carbocycles. The quantitative estimate of drug-likeness (QED) is 0.698. The predicted octanol–water partition coefficient (Wildman–Crippen LogP) is 4.08. The zero-order chi connectivity index (χ0) is 19.4. The number of morpholine rings is 1. The molecule has 0 bridgehead atoms. The molecular weight excluding hydrogens is 443 g/mol. The monoisotopic (exact) mass is 464 g/mol. The highest BCUT2D eigenvalue weighted by molar-refractivity contribution is 7.89. The van der Waals surface area contributed by atoms with Gasteiger partial charge in [-0.3, -0.25) is 4.90 Å². The second-order valence-electron chi connectivity index (χ2n) is 6.57. The number of rotatable bonds is 6. The van der Waals surface area contributed by atoms with Crippen molar-refractivity contribution < 1.29 is 13.2 Å². The van der Waals surface area contributed by atoms with Gasteiger partial charge in [-0.1, -0.05) is 53.0 Å². The molecule has 0 radical (unpaired) electrons. The third-order valence-electron chi connectivity index (χ3n) is 4.50. The van der Waals surface area contributed by atoms with Crippen molar-refractivity contribution >= 4 is 45.6 Å². The fraction of sp³-hybridized carbons (Fsp3) is 0.368. The Morgan fingerprint density at radius 1 is 1.11 bits per heavy atom. The second-order valence-corrected chi connectivity index (χ2v) is 9.10. The number of hydrogen-bond acceptors (Lipinski definition) is 4. The number of nitrogens with zero attached hydrogens (tertiary/aromatic N) is 1. The van der Waals surface area contributed by atoms with E-state index in [9.17, 15) is 8.42 Å². The molecule has 2 aromatic rings. The fourth-order valence-corrected chi connectivity index (χ4v) is 4.96. The molecule has 0 saturated carbocycles. The van der Waals surface area contributed by atoms with E-state index in [0.29, 0.717) is 24.8 Å². The van der Waals surface area contributed by atoms with Crippen molar-refractivity contribution in [3.05, 3.63) is 63.6 Å². The topological polar surface area (TPSA) is 58.6 Å². The maximum Gasteiger partial charge on any atom is 0.242 e. The van der Waals surface area contributed by atoms with Crippen molar-refractivity contribution in [2.45, 2.75) is 17.9 Å². The summed E-state index contributed by atoms with van der Waals surface area (Å²) in [5, 5.41) is 0.459. The summed E-state index contributed by atoms with van der Waals surface area (Å²) in [4.78, 5) is 2.17. The van der Waals surface area contributed by atoms with Gasteiger partial charge in [0.15, 0.2) is 0 Å². The summed E-state index contributed by atoms with van der Waals surface area (Å²) in [5.74, 6) is 0. The molecule has 1 atom stereocenters. The first-order valence-electron chi connectivity index (χ1n) is 8.69. The lowest BCUT2D eigenvalue weighted by atomic mass is 10.1. The Balaban J connectivity index is 0.00000280. The van der Waals surface area contributed by atoms with Crippen molar-refractivity contribution in [2.75, 3.05) is 32.8 Å². The van der Waals surface area contributed by atoms with Crippen LogP contribution in [-0.4, -0.2) is 46.2 Å². The lowest BCUT2D eigenvalue weighted by molar-refractivity contribution is 0.0345. The number of halogens is 3. The Hall–Kier alpha value is -0.860. The number of aryl methyl sites for hydroxylation is 1. The van der Waals surface area contributed by atoms with Gasteiger partial charge in [0, 0.05) is 24.7 Å². The van der Waals surface area contributed by atoms with Crippen LogP contribution < -0.4 is 4.72 Å². The van der Waals surface area contributed by atoms with Crippen LogP contribution in [0.15, 0.2) is 47.4 Å². The van der Waals surface area contributed by atoms with E-state index in [-0.39, 0.29) is 22.3 Å². The van der Waals surface area contributed by atoms with Gasteiger partial charge in [-0.2, -0.15) is 0 Å². The van der Waals surface area contributed by atoms with E-state index in [1.54, 1.807) is 6.07 Å². The smallest absolute Gasteiger partial charge is 0.242 e. The molecule has 5 nitrogen and oxygen atoms in total. The van der Waals surface area contributed by atoms with Crippen LogP contribution >= 0.6 is 35.6 Å². The first kappa shape index (κ1) is 23.4. The van der Waals surface area contributed by atoms with Gasteiger partial charge in [0.05, 0.1) is 24.3 Å². The predicted molar refractivity (Wildman–Crippen MR) is 115 cm³/mol. The Bertz CT molecular complexity index is 886. The Morgan fingerprint density at radius 3 is 2.39 bits per heavy atom. The summed E-state index contributed by atoms with van der Waals surface area (Å²) in [6, 6.07) is 11.8.